The fourth-order valence-electron chi connectivity index (χ4n) is 2.23. The molecule has 25 heavy (non-hydrogen) atoms. The Labute approximate surface area is 150 Å². The lowest BCUT2D eigenvalue weighted by atomic mass is 10.2. The lowest BCUT2D eigenvalue weighted by Gasteiger charge is -2.24. The number of anilines is 2. The van der Waals surface area contributed by atoms with Crippen LogP contribution in [0.15, 0.2) is 30.9 Å². The van der Waals surface area contributed by atoms with Gasteiger partial charge in [0.2, 0.25) is 0 Å². The smallest absolute Gasteiger partial charge is 0.179 e. The van der Waals surface area contributed by atoms with Crippen LogP contribution in [-0.2, 0) is 16.5 Å². The van der Waals surface area contributed by atoms with E-state index in [0.29, 0.717) is 16.5 Å². The number of nitrogens with zero attached hydrogens (tertiary/aromatic N) is 6. The summed E-state index contributed by atoms with van der Waals surface area (Å²) in [6.45, 7) is 6.32. The van der Waals surface area contributed by atoms with Crippen LogP contribution in [0.25, 0.3) is 5.65 Å². The first-order valence-corrected chi connectivity index (χ1v) is 8.19. The summed E-state index contributed by atoms with van der Waals surface area (Å²) in [6, 6.07) is 3.70. The lowest BCUT2D eigenvalue weighted by Crippen LogP contribution is -2.26. The Morgan fingerprint density at radius 3 is 2.80 bits per heavy atom. The molecule has 0 saturated carbocycles. The Morgan fingerprint density at radius 1 is 1.32 bits per heavy atom. The molecule has 3 aromatic heterocycles. The van der Waals surface area contributed by atoms with Gasteiger partial charge in [0.05, 0.1) is 16.3 Å². The molecule has 134 valence electrons. The number of aryl methyl sites for hydroxylation is 1. The number of hydrogen-bond donors (Lipinski definition) is 0. The molecule has 0 fully saturated rings. The molecule has 0 bridgehead atoms. The number of aromatic nitrogens is 5. The second-order valence-electron chi connectivity index (χ2n) is 6.56. The van der Waals surface area contributed by atoms with E-state index in [0.717, 1.165) is 5.69 Å². The quantitative estimate of drug-likeness (QED) is 0.494. The summed E-state index contributed by atoms with van der Waals surface area (Å²) >= 11 is 6.23. The van der Waals surface area contributed by atoms with E-state index in [1.54, 1.807) is 15.4 Å². The number of ether oxygens (including phenoxy) is 2. The maximum atomic E-state index is 6.23. The second-order valence-corrected chi connectivity index (χ2v) is 6.99. The molecule has 0 atom stereocenters. The molecular formula is C16H21ClN6O2. The van der Waals surface area contributed by atoms with Gasteiger partial charge in [-0.15, -0.1) is 0 Å². The van der Waals surface area contributed by atoms with Gasteiger partial charge in [0, 0.05) is 25.5 Å². The highest BCUT2D eigenvalue weighted by Crippen LogP contribution is 2.29. The molecule has 0 unspecified atom stereocenters. The van der Waals surface area contributed by atoms with Crippen LogP contribution in [0.2, 0.25) is 5.02 Å². The van der Waals surface area contributed by atoms with Gasteiger partial charge < -0.3 is 9.47 Å². The van der Waals surface area contributed by atoms with E-state index in [1.807, 2.05) is 51.0 Å². The maximum absolute atomic E-state index is 6.23. The number of rotatable bonds is 6. The van der Waals surface area contributed by atoms with Crippen LogP contribution < -0.4 is 4.90 Å². The van der Waals surface area contributed by atoms with Gasteiger partial charge in [-0.05, 0) is 26.8 Å². The third kappa shape index (κ3) is 4.28. The maximum Gasteiger partial charge on any atom is 0.179 e. The van der Waals surface area contributed by atoms with Crippen molar-refractivity contribution in [1.82, 2.24) is 24.4 Å². The van der Waals surface area contributed by atoms with Gasteiger partial charge >= 0.3 is 0 Å². The van der Waals surface area contributed by atoms with E-state index < -0.39 is 0 Å². The molecule has 9 heteroatoms. The van der Waals surface area contributed by atoms with Gasteiger partial charge in [-0.3, -0.25) is 9.58 Å². The third-order valence-electron chi connectivity index (χ3n) is 3.38. The van der Waals surface area contributed by atoms with E-state index in [4.69, 9.17) is 21.1 Å². The Kier molecular flexibility index (Phi) is 4.94. The zero-order valence-corrected chi connectivity index (χ0v) is 15.4. The molecule has 0 saturated heterocycles. The topological polar surface area (TPSA) is 69.7 Å². The van der Waals surface area contributed by atoms with Gasteiger partial charge in [-0.25, -0.2) is 9.50 Å². The predicted molar refractivity (Wildman–Crippen MR) is 95.0 cm³/mol. The van der Waals surface area contributed by atoms with Gasteiger partial charge in [0.1, 0.15) is 19.9 Å². The van der Waals surface area contributed by atoms with Crippen LogP contribution in [-0.4, -0.2) is 43.5 Å². The van der Waals surface area contributed by atoms with Gasteiger partial charge in [-0.1, -0.05) is 11.6 Å². The Balaban J connectivity index is 1.89. The van der Waals surface area contributed by atoms with Crippen molar-refractivity contribution >= 4 is 28.8 Å². The minimum atomic E-state index is -0.272. The molecule has 3 rings (SSSR count). The van der Waals surface area contributed by atoms with Crippen LogP contribution in [0, 0.1) is 0 Å². The van der Waals surface area contributed by atoms with Crippen LogP contribution >= 0.6 is 11.6 Å². The van der Waals surface area contributed by atoms with Crippen molar-refractivity contribution in [2.24, 2.45) is 7.05 Å². The molecule has 0 N–H and O–H groups in total. The molecule has 0 aliphatic rings. The van der Waals surface area contributed by atoms with Crippen molar-refractivity contribution in [2.45, 2.75) is 26.4 Å². The normalized spacial score (nSPS) is 12.0. The lowest BCUT2D eigenvalue weighted by molar-refractivity contribution is -0.118. The molecule has 8 nitrogen and oxygen atoms in total. The zero-order chi connectivity index (χ0) is 18.0. The molecule has 3 aromatic rings. The monoisotopic (exact) mass is 364 g/mol. The molecular weight excluding hydrogens is 344 g/mol. The summed E-state index contributed by atoms with van der Waals surface area (Å²) in [5, 5.41) is 9.15. The highest BCUT2D eigenvalue weighted by atomic mass is 35.5. The Hall–Kier alpha value is -2.16. The number of hydrogen-bond acceptors (Lipinski definition) is 6. The fraction of sp³-hybridized carbons (Fsp3) is 0.438. The summed E-state index contributed by atoms with van der Waals surface area (Å²) in [6.07, 6.45) is 5.04. The first-order chi connectivity index (χ1) is 11.8. The van der Waals surface area contributed by atoms with E-state index in [2.05, 4.69) is 15.2 Å². The van der Waals surface area contributed by atoms with Crippen molar-refractivity contribution in [3.8, 4) is 0 Å². The van der Waals surface area contributed by atoms with E-state index in [-0.39, 0.29) is 19.1 Å². The summed E-state index contributed by atoms with van der Waals surface area (Å²) in [4.78, 5) is 6.19. The van der Waals surface area contributed by atoms with Gasteiger partial charge in [-0.2, -0.15) is 10.2 Å². The first-order valence-electron chi connectivity index (χ1n) is 7.81. The van der Waals surface area contributed by atoms with Crippen molar-refractivity contribution in [3.05, 3.63) is 35.9 Å². The van der Waals surface area contributed by atoms with E-state index in [1.165, 1.54) is 6.33 Å². The van der Waals surface area contributed by atoms with Crippen LogP contribution in [0.5, 0.6) is 0 Å². The second kappa shape index (κ2) is 6.99. The zero-order valence-electron chi connectivity index (χ0n) is 14.7. The Bertz CT molecular complexity index is 854. The average molecular weight is 365 g/mol. The first kappa shape index (κ1) is 17.7. The molecule has 0 aromatic carbocycles. The summed E-state index contributed by atoms with van der Waals surface area (Å²) in [5.41, 5.74) is 1.14. The predicted octanol–water partition coefficient (Wildman–Crippen LogP) is 3.00. The largest absolute Gasteiger partial charge is 0.350 e. The Morgan fingerprint density at radius 2 is 2.12 bits per heavy atom. The fourth-order valence-corrected chi connectivity index (χ4v) is 2.42. The number of pyridine rings is 1. The van der Waals surface area contributed by atoms with Crippen LogP contribution in [0.4, 0.5) is 11.5 Å². The molecule has 0 spiro atoms. The van der Waals surface area contributed by atoms with Crippen LogP contribution in [0.3, 0.4) is 0 Å². The summed E-state index contributed by atoms with van der Waals surface area (Å²) in [7, 11) is 1.86. The molecule has 0 aliphatic heterocycles. The minimum Gasteiger partial charge on any atom is -0.350 e. The van der Waals surface area contributed by atoms with Gasteiger partial charge in [0.25, 0.3) is 0 Å². The third-order valence-corrected chi connectivity index (χ3v) is 3.59. The van der Waals surface area contributed by atoms with E-state index in [9.17, 15) is 0 Å². The molecule has 3 heterocycles. The van der Waals surface area contributed by atoms with Crippen molar-refractivity contribution in [2.75, 3.05) is 18.4 Å². The molecule has 0 amide bonds. The molecule has 0 aliphatic carbocycles. The SMILES string of the molecule is Cn1ccc(N(COCOC(C)(C)C)c2cc(Cl)cn3ncnc23)n1. The van der Waals surface area contributed by atoms with E-state index >= 15 is 0 Å². The standard InChI is InChI=1S/C16H21ClN6O2/c1-16(2,3)25-11-24-10-22(14-5-6-21(4)20-14)13-7-12(17)8-23-15(13)18-9-19-23/h5-9H,10-11H2,1-4H3. The highest BCUT2D eigenvalue weighted by molar-refractivity contribution is 6.30. The number of halogens is 1. The van der Waals surface area contributed by atoms with Gasteiger partial charge in [0.15, 0.2) is 11.5 Å². The van der Waals surface area contributed by atoms with Crippen molar-refractivity contribution < 1.29 is 9.47 Å². The highest BCUT2D eigenvalue weighted by Gasteiger charge is 2.18. The average Bonchev–Trinajstić information content (AvgIpc) is 3.14. The van der Waals surface area contributed by atoms with Crippen molar-refractivity contribution in [1.29, 1.82) is 0 Å². The minimum absolute atomic E-state index is 0.163. The summed E-state index contributed by atoms with van der Waals surface area (Å²) < 4.78 is 14.7. The van der Waals surface area contributed by atoms with Crippen molar-refractivity contribution in [3.63, 3.8) is 0 Å². The summed E-state index contributed by atoms with van der Waals surface area (Å²) in [5.74, 6) is 0.713. The van der Waals surface area contributed by atoms with Crippen LogP contribution in [0.1, 0.15) is 20.8 Å². The number of fused-ring (bicyclic) bond motifs is 1. The molecule has 0 radical (unpaired) electrons.